The number of rotatable bonds is 2. The number of hydrogen-bond acceptors (Lipinski definition) is 5. The van der Waals surface area contributed by atoms with Crippen LogP contribution < -0.4 is 10.1 Å². The standard InChI is InChI=1S/C16H11N3O2S/c1-10-7-8-12(21-10)9-13-15(20)19-16(22-13)17-14(18-19)11-5-3-2-4-6-11/h2-9H,1H3/b13-9-. The molecule has 0 fully saturated rings. The summed E-state index contributed by atoms with van der Waals surface area (Å²) in [6.07, 6.45) is 1.72. The maximum absolute atomic E-state index is 12.4. The second-order valence-corrected chi connectivity index (χ2v) is 5.87. The lowest BCUT2D eigenvalue weighted by molar-refractivity contribution is 0.525. The van der Waals surface area contributed by atoms with Gasteiger partial charge in [0.25, 0.3) is 5.56 Å². The quantitative estimate of drug-likeness (QED) is 0.570. The normalized spacial score (nSPS) is 12.3. The van der Waals surface area contributed by atoms with Crippen LogP contribution in [0.4, 0.5) is 0 Å². The molecule has 0 saturated carbocycles. The van der Waals surface area contributed by atoms with Crippen molar-refractivity contribution in [2.75, 3.05) is 0 Å². The van der Waals surface area contributed by atoms with E-state index >= 15 is 0 Å². The minimum Gasteiger partial charge on any atom is -0.462 e. The van der Waals surface area contributed by atoms with Gasteiger partial charge in [0.15, 0.2) is 5.82 Å². The summed E-state index contributed by atoms with van der Waals surface area (Å²) in [5.41, 5.74) is 0.716. The first-order valence-corrected chi connectivity index (χ1v) is 7.55. The van der Waals surface area contributed by atoms with Gasteiger partial charge in [0.2, 0.25) is 4.96 Å². The highest BCUT2D eigenvalue weighted by Gasteiger charge is 2.11. The van der Waals surface area contributed by atoms with Crippen molar-refractivity contribution in [3.8, 4) is 11.4 Å². The van der Waals surface area contributed by atoms with Crippen LogP contribution in [0.15, 0.2) is 51.7 Å². The molecule has 0 aliphatic carbocycles. The Morgan fingerprint density at radius 1 is 1.18 bits per heavy atom. The van der Waals surface area contributed by atoms with Crippen LogP contribution in [0.5, 0.6) is 0 Å². The third-order valence-electron chi connectivity index (χ3n) is 3.25. The monoisotopic (exact) mass is 309 g/mol. The van der Waals surface area contributed by atoms with Crippen molar-refractivity contribution < 1.29 is 4.42 Å². The summed E-state index contributed by atoms with van der Waals surface area (Å²) < 4.78 is 7.37. The average Bonchev–Trinajstić information content (AvgIpc) is 3.19. The maximum atomic E-state index is 12.4. The fourth-order valence-corrected chi connectivity index (χ4v) is 3.09. The van der Waals surface area contributed by atoms with Crippen molar-refractivity contribution in [3.05, 3.63) is 68.9 Å². The zero-order valence-corrected chi connectivity index (χ0v) is 12.5. The SMILES string of the molecule is Cc1ccc(/C=c2\sc3nc(-c4ccccc4)nn3c2=O)o1. The van der Waals surface area contributed by atoms with E-state index in [2.05, 4.69) is 10.1 Å². The van der Waals surface area contributed by atoms with E-state index in [4.69, 9.17) is 4.42 Å². The van der Waals surface area contributed by atoms with Gasteiger partial charge in [0.05, 0.1) is 0 Å². The average molecular weight is 309 g/mol. The first kappa shape index (κ1) is 13.0. The molecule has 0 radical (unpaired) electrons. The predicted octanol–water partition coefficient (Wildman–Crippen LogP) is 2.27. The van der Waals surface area contributed by atoms with Gasteiger partial charge >= 0.3 is 0 Å². The van der Waals surface area contributed by atoms with Crippen molar-refractivity contribution in [1.29, 1.82) is 0 Å². The largest absolute Gasteiger partial charge is 0.462 e. The summed E-state index contributed by atoms with van der Waals surface area (Å²) in [6, 6.07) is 13.3. The van der Waals surface area contributed by atoms with Crippen LogP contribution in [-0.2, 0) is 0 Å². The van der Waals surface area contributed by atoms with Crippen molar-refractivity contribution in [1.82, 2.24) is 14.6 Å². The molecule has 6 heteroatoms. The van der Waals surface area contributed by atoms with Crippen molar-refractivity contribution in [2.24, 2.45) is 0 Å². The van der Waals surface area contributed by atoms with Crippen molar-refractivity contribution in [2.45, 2.75) is 6.92 Å². The first-order valence-electron chi connectivity index (χ1n) is 6.74. The van der Waals surface area contributed by atoms with Crippen molar-refractivity contribution >= 4 is 22.4 Å². The van der Waals surface area contributed by atoms with E-state index in [1.54, 1.807) is 6.08 Å². The van der Waals surface area contributed by atoms with E-state index in [1.807, 2.05) is 49.4 Å². The van der Waals surface area contributed by atoms with E-state index in [0.717, 1.165) is 11.3 Å². The molecule has 0 N–H and O–H groups in total. The molecule has 3 aromatic heterocycles. The molecule has 0 aliphatic rings. The molecule has 0 saturated heterocycles. The van der Waals surface area contributed by atoms with E-state index in [0.29, 0.717) is 21.1 Å². The van der Waals surface area contributed by atoms with Gasteiger partial charge < -0.3 is 4.42 Å². The number of aryl methyl sites for hydroxylation is 1. The Morgan fingerprint density at radius 2 is 2.00 bits per heavy atom. The number of nitrogens with zero attached hydrogens (tertiary/aromatic N) is 3. The van der Waals surface area contributed by atoms with Crippen LogP contribution in [0.25, 0.3) is 22.4 Å². The van der Waals surface area contributed by atoms with Crippen LogP contribution in [0.1, 0.15) is 11.5 Å². The highest BCUT2D eigenvalue weighted by atomic mass is 32.1. The third kappa shape index (κ3) is 2.14. The van der Waals surface area contributed by atoms with Crippen molar-refractivity contribution in [3.63, 3.8) is 0 Å². The van der Waals surface area contributed by atoms with E-state index in [1.165, 1.54) is 15.9 Å². The minimum absolute atomic E-state index is 0.177. The lowest BCUT2D eigenvalue weighted by Gasteiger charge is -1.91. The lowest BCUT2D eigenvalue weighted by atomic mass is 10.2. The second kappa shape index (κ2) is 4.92. The summed E-state index contributed by atoms with van der Waals surface area (Å²) in [6.45, 7) is 1.87. The van der Waals surface area contributed by atoms with E-state index in [9.17, 15) is 4.79 Å². The highest BCUT2D eigenvalue weighted by Crippen LogP contribution is 2.15. The molecule has 0 atom stereocenters. The fraction of sp³-hybridized carbons (Fsp3) is 0.0625. The summed E-state index contributed by atoms with van der Waals surface area (Å²) in [7, 11) is 0. The van der Waals surface area contributed by atoms with Crippen LogP contribution in [0.3, 0.4) is 0 Å². The molecule has 4 aromatic rings. The zero-order chi connectivity index (χ0) is 15.1. The van der Waals surface area contributed by atoms with Gasteiger partial charge in [-0.2, -0.15) is 9.50 Å². The van der Waals surface area contributed by atoms with Gasteiger partial charge in [-0.3, -0.25) is 4.79 Å². The Kier molecular flexibility index (Phi) is 2.90. The number of benzene rings is 1. The first-order chi connectivity index (χ1) is 10.7. The van der Waals surface area contributed by atoms with Crippen LogP contribution in [0.2, 0.25) is 0 Å². The minimum atomic E-state index is -0.177. The topological polar surface area (TPSA) is 60.4 Å². The van der Waals surface area contributed by atoms with Crippen LogP contribution in [0, 0.1) is 6.92 Å². The Bertz CT molecular complexity index is 1060. The highest BCUT2D eigenvalue weighted by molar-refractivity contribution is 7.15. The van der Waals surface area contributed by atoms with Gasteiger partial charge in [-0.25, -0.2) is 0 Å². The van der Waals surface area contributed by atoms with E-state index in [-0.39, 0.29) is 5.56 Å². The Morgan fingerprint density at radius 3 is 2.68 bits per heavy atom. The lowest BCUT2D eigenvalue weighted by Crippen LogP contribution is -2.23. The molecule has 0 aliphatic heterocycles. The maximum Gasteiger partial charge on any atom is 0.291 e. The predicted molar refractivity (Wildman–Crippen MR) is 84.8 cm³/mol. The molecule has 22 heavy (non-hydrogen) atoms. The van der Waals surface area contributed by atoms with Gasteiger partial charge in [-0.1, -0.05) is 41.7 Å². The molecule has 0 bridgehead atoms. The molecule has 1 aromatic carbocycles. The number of fused-ring (bicyclic) bond motifs is 1. The Hall–Kier alpha value is -2.73. The third-order valence-corrected chi connectivity index (χ3v) is 4.21. The smallest absolute Gasteiger partial charge is 0.291 e. The summed E-state index contributed by atoms with van der Waals surface area (Å²) >= 11 is 1.30. The summed E-state index contributed by atoms with van der Waals surface area (Å²) in [5, 5.41) is 4.30. The zero-order valence-electron chi connectivity index (χ0n) is 11.7. The molecule has 4 rings (SSSR count). The molecule has 5 nitrogen and oxygen atoms in total. The Labute approximate surface area is 129 Å². The molecule has 3 heterocycles. The fourth-order valence-electron chi connectivity index (χ4n) is 2.20. The number of furan rings is 1. The summed E-state index contributed by atoms with van der Waals surface area (Å²) in [4.78, 5) is 17.4. The summed E-state index contributed by atoms with van der Waals surface area (Å²) in [5.74, 6) is 2.02. The molecule has 108 valence electrons. The molecule has 0 unspecified atom stereocenters. The van der Waals surface area contributed by atoms with E-state index < -0.39 is 0 Å². The van der Waals surface area contributed by atoms with Gasteiger partial charge in [0, 0.05) is 11.6 Å². The van der Waals surface area contributed by atoms with Crippen LogP contribution >= 0.6 is 11.3 Å². The van der Waals surface area contributed by atoms with Crippen LogP contribution in [-0.4, -0.2) is 14.6 Å². The second-order valence-electron chi connectivity index (χ2n) is 4.86. The van der Waals surface area contributed by atoms with Gasteiger partial charge in [-0.15, -0.1) is 5.10 Å². The Balaban J connectivity index is 1.85. The van der Waals surface area contributed by atoms with Gasteiger partial charge in [0.1, 0.15) is 16.1 Å². The molecule has 0 spiro atoms. The molecular weight excluding hydrogens is 298 g/mol. The number of aromatic nitrogens is 3. The number of hydrogen-bond donors (Lipinski definition) is 0. The van der Waals surface area contributed by atoms with Gasteiger partial charge in [-0.05, 0) is 19.1 Å². The molecular formula is C16H11N3O2S. The number of thiazole rings is 1. The molecule has 0 amide bonds.